The summed E-state index contributed by atoms with van der Waals surface area (Å²) in [6, 6.07) is 9.92. The van der Waals surface area contributed by atoms with Gasteiger partial charge in [0, 0.05) is 18.2 Å². The molecule has 29 heavy (non-hydrogen) atoms. The SMILES string of the molecule is CC(C)(C)C(OCc1cn([C@H]2C[C@H](O)[C@@H](CO)O2)c(=O)nc1N)c1ccccc1. The number of nitrogens with zero attached hydrogens (tertiary/aromatic N) is 2. The van der Waals surface area contributed by atoms with Crippen molar-refractivity contribution in [2.24, 2.45) is 5.41 Å². The van der Waals surface area contributed by atoms with E-state index in [0.29, 0.717) is 5.56 Å². The first-order chi connectivity index (χ1) is 13.7. The molecule has 0 bridgehead atoms. The zero-order valence-corrected chi connectivity index (χ0v) is 17.0. The van der Waals surface area contributed by atoms with E-state index in [1.165, 1.54) is 4.57 Å². The average Bonchev–Trinajstić information content (AvgIpc) is 3.03. The Bertz CT molecular complexity index is 878. The number of nitrogen functional groups attached to an aromatic ring is 1. The van der Waals surface area contributed by atoms with Gasteiger partial charge >= 0.3 is 5.69 Å². The summed E-state index contributed by atoms with van der Waals surface area (Å²) in [5.41, 5.74) is 6.84. The van der Waals surface area contributed by atoms with Crippen LogP contribution in [0, 0.1) is 5.41 Å². The summed E-state index contributed by atoms with van der Waals surface area (Å²) >= 11 is 0. The molecule has 4 N–H and O–H groups in total. The van der Waals surface area contributed by atoms with E-state index in [1.807, 2.05) is 30.3 Å². The number of aliphatic hydroxyl groups is 2. The molecule has 1 aliphatic rings. The van der Waals surface area contributed by atoms with E-state index in [-0.39, 0.29) is 37.0 Å². The number of rotatable bonds is 6. The monoisotopic (exact) mass is 403 g/mol. The quantitative estimate of drug-likeness (QED) is 0.672. The van der Waals surface area contributed by atoms with Crippen LogP contribution in [-0.2, 0) is 16.1 Å². The van der Waals surface area contributed by atoms with Gasteiger partial charge in [0.1, 0.15) is 18.1 Å². The Labute approximate surface area is 169 Å². The minimum atomic E-state index is -0.850. The maximum Gasteiger partial charge on any atom is 0.351 e. The molecular formula is C21H29N3O5. The van der Waals surface area contributed by atoms with Crippen molar-refractivity contribution in [2.75, 3.05) is 12.3 Å². The smallest absolute Gasteiger partial charge is 0.351 e. The Kier molecular flexibility index (Phi) is 6.38. The lowest BCUT2D eigenvalue weighted by molar-refractivity contribution is -0.0469. The second-order valence-electron chi connectivity index (χ2n) is 8.42. The normalized spacial score (nSPS) is 23.3. The lowest BCUT2D eigenvalue weighted by Crippen LogP contribution is -2.29. The summed E-state index contributed by atoms with van der Waals surface area (Å²) in [5.74, 6) is 0.101. The Balaban J connectivity index is 1.83. The Morgan fingerprint density at radius 1 is 1.34 bits per heavy atom. The fourth-order valence-electron chi connectivity index (χ4n) is 3.54. The maximum absolute atomic E-state index is 12.3. The summed E-state index contributed by atoms with van der Waals surface area (Å²) in [6.45, 7) is 6.12. The molecule has 0 amide bonds. The molecule has 8 nitrogen and oxygen atoms in total. The minimum Gasteiger partial charge on any atom is -0.394 e. The summed E-state index contributed by atoms with van der Waals surface area (Å²) in [4.78, 5) is 16.2. The number of hydrogen-bond donors (Lipinski definition) is 3. The van der Waals surface area contributed by atoms with Gasteiger partial charge in [-0.25, -0.2) is 4.79 Å². The highest BCUT2D eigenvalue weighted by Crippen LogP contribution is 2.37. The first-order valence-corrected chi connectivity index (χ1v) is 9.69. The molecule has 1 aliphatic heterocycles. The van der Waals surface area contributed by atoms with E-state index in [1.54, 1.807) is 6.20 Å². The molecule has 2 heterocycles. The van der Waals surface area contributed by atoms with E-state index in [0.717, 1.165) is 5.56 Å². The van der Waals surface area contributed by atoms with Gasteiger partial charge in [-0.3, -0.25) is 4.57 Å². The lowest BCUT2D eigenvalue weighted by atomic mass is 9.84. The van der Waals surface area contributed by atoms with Gasteiger partial charge in [0.25, 0.3) is 0 Å². The molecule has 3 rings (SSSR count). The number of aliphatic hydroxyl groups excluding tert-OH is 2. The van der Waals surface area contributed by atoms with Crippen molar-refractivity contribution in [3.63, 3.8) is 0 Å². The average molecular weight is 403 g/mol. The number of benzene rings is 1. The molecule has 0 radical (unpaired) electrons. The third kappa shape index (κ3) is 4.84. The third-order valence-corrected chi connectivity index (χ3v) is 5.05. The zero-order valence-electron chi connectivity index (χ0n) is 17.0. The standard InChI is InChI=1S/C21H29N3O5/c1-21(2,3)18(13-7-5-4-6-8-13)28-12-14-10-24(20(27)23-19(14)22)17-9-15(26)16(11-25)29-17/h4-8,10,15-18,25-26H,9,11-12H2,1-3H3,(H2,22,23,27)/t15-,16+,17+,18?/m0/s1. The minimum absolute atomic E-state index is 0.101. The summed E-state index contributed by atoms with van der Waals surface area (Å²) in [5, 5.41) is 19.2. The molecule has 0 spiro atoms. The van der Waals surface area contributed by atoms with Crippen molar-refractivity contribution >= 4 is 5.82 Å². The van der Waals surface area contributed by atoms with Crippen LogP contribution >= 0.6 is 0 Å². The van der Waals surface area contributed by atoms with Crippen LogP contribution in [0.4, 0.5) is 5.82 Å². The molecule has 1 saturated heterocycles. The Morgan fingerprint density at radius 3 is 2.62 bits per heavy atom. The van der Waals surface area contributed by atoms with Gasteiger partial charge < -0.3 is 25.4 Å². The molecule has 4 atom stereocenters. The number of aromatic nitrogens is 2. The van der Waals surface area contributed by atoms with Crippen LogP contribution in [0.2, 0.25) is 0 Å². The first kappa shape index (κ1) is 21.4. The predicted molar refractivity (Wildman–Crippen MR) is 108 cm³/mol. The Morgan fingerprint density at radius 2 is 2.03 bits per heavy atom. The third-order valence-electron chi connectivity index (χ3n) is 5.05. The highest BCUT2D eigenvalue weighted by Gasteiger charge is 2.35. The van der Waals surface area contributed by atoms with Gasteiger partial charge in [-0.2, -0.15) is 4.98 Å². The number of ether oxygens (including phenoxy) is 2. The van der Waals surface area contributed by atoms with Gasteiger partial charge in [-0.1, -0.05) is 51.1 Å². The van der Waals surface area contributed by atoms with Crippen molar-refractivity contribution in [3.8, 4) is 0 Å². The summed E-state index contributed by atoms with van der Waals surface area (Å²) < 4.78 is 13.1. The van der Waals surface area contributed by atoms with Crippen LogP contribution in [0.15, 0.2) is 41.3 Å². The van der Waals surface area contributed by atoms with Crippen LogP contribution in [0.25, 0.3) is 0 Å². The topological polar surface area (TPSA) is 120 Å². The number of anilines is 1. The van der Waals surface area contributed by atoms with Crippen molar-refractivity contribution in [1.29, 1.82) is 0 Å². The molecule has 2 aromatic rings. The lowest BCUT2D eigenvalue weighted by Gasteiger charge is -2.31. The molecule has 1 aromatic heterocycles. The molecular weight excluding hydrogens is 374 g/mol. The highest BCUT2D eigenvalue weighted by molar-refractivity contribution is 5.36. The van der Waals surface area contributed by atoms with Crippen LogP contribution < -0.4 is 11.4 Å². The van der Waals surface area contributed by atoms with Gasteiger partial charge in [-0.05, 0) is 11.0 Å². The highest BCUT2D eigenvalue weighted by atomic mass is 16.5. The van der Waals surface area contributed by atoms with Crippen molar-refractivity contribution in [3.05, 3.63) is 58.1 Å². The van der Waals surface area contributed by atoms with Crippen molar-refractivity contribution < 1.29 is 19.7 Å². The Hall–Kier alpha value is -2.26. The molecule has 1 unspecified atom stereocenters. The second kappa shape index (κ2) is 8.62. The van der Waals surface area contributed by atoms with E-state index < -0.39 is 24.1 Å². The largest absolute Gasteiger partial charge is 0.394 e. The van der Waals surface area contributed by atoms with E-state index >= 15 is 0 Å². The van der Waals surface area contributed by atoms with Gasteiger partial charge in [0.2, 0.25) is 0 Å². The fourth-order valence-corrected chi connectivity index (χ4v) is 3.54. The molecule has 8 heteroatoms. The van der Waals surface area contributed by atoms with E-state index in [2.05, 4.69) is 25.8 Å². The maximum atomic E-state index is 12.3. The van der Waals surface area contributed by atoms with Gasteiger partial charge in [0.05, 0.1) is 25.4 Å². The molecule has 1 aromatic carbocycles. The molecule has 0 saturated carbocycles. The second-order valence-corrected chi connectivity index (χ2v) is 8.42. The molecule has 1 fully saturated rings. The number of nitrogens with two attached hydrogens (primary N) is 1. The van der Waals surface area contributed by atoms with Crippen molar-refractivity contribution in [2.45, 2.75) is 58.3 Å². The van der Waals surface area contributed by atoms with Crippen LogP contribution in [0.5, 0.6) is 0 Å². The summed E-state index contributed by atoms with van der Waals surface area (Å²) in [6.07, 6.45) is -0.733. The van der Waals surface area contributed by atoms with Crippen LogP contribution in [0.1, 0.15) is 50.7 Å². The first-order valence-electron chi connectivity index (χ1n) is 9.69. The fraction of sp³-hybridized carbons (Fsp3) is 0.524. The number of hydrogen-bond acceptors (Lipinski definition) is 7. The van der Waals surface area contributed by atoms with E-state index in [9.17, 15) is 15.0 Å². The zero-order chi connectivity index (χ0) is 21.2. The molecule has 0 aliphatic carbocycles. The molecule has 158 valence electrons. The van der Waals surface area contributed by atoms with Crippen LogP contribution in [-0.4, -0.2) is 38.6 Å². The van der Waals surface area contributed by atoms with Crippen LogP contribution in [0.3, 0.4) is 0 Å². The van der Waals surface area contributed by atoms with E-state index in [4.69, 9.17) is 15.2 Å². The van der Waals surface area contributed by atoms with Crippen molar-refractivity contribution in [1.82, 2.24) is 9.55 Å². The predicted octanol–water partition coefficient (Wildman–Crippen LogP) is 1.77. The van der Waals surface area contributed by atoms with Gasteiger partial charge in [0.15, 0.2) is 0 Å². The van der Waals surface area contributed by atoms with Gasteiger partial charge in [-0.15, -0.1) is 0 Å². The summed E-state index contributed by atoms with van der Waals surface area (Å²) in [7, 11) is 0.